The minimum Gasteiger partial charge on any atom is -0.122 e. The summed E-state index contributed by atoms with van der Waals surface area (Å²) in [6.07, 6.45) is 8.57. The van der Waals surface area contributed by atoms with Gasteiger partial charge in [-0.25, -0.2) is 0 Å². The van der Waals surface area contributed by atoms with Gasteiger partial charge in [0.05, 0.1) is 0 Å². The van der Waals surface area contributed by atoms with Crippen LogP contribution in [0.5, 0.6) is 0 Å². The van der Waals surface area contributed by atoms with Crippen molar-refractivity contribution >= 4 is 22.3 Å². The Labute approximate surface area is 101 Å². The standard InChI is InChI=1S/C13H10NO2S/c15-17(16)14-12-7-3-1-5-10(12)9-11-6-2-4-8-13(11)14/h1-5,7-9H,6H2/q+1. The van der Waals surface area contributed by atoms with Crippen molar-refractivity contribution in [1.29, 1.82) is 0 Å². The Morgan fingerprint density at radius 2 is 2.00 bits per heavy atom. The van der Waals surface area contributed by atoms with E-state index in [9.17, 15) is 8.42 Å². The molecule has 17 heavy (non-hydrogen) atoms. The topological polar surface area (TPSA) is 37.1 Å². The van der Waals surface area contributed by atoms with Crippen LogP contribution in [0.4, 0.5) is 5.69 Å². The highest BCUT2D eigenvalue weighted by Crippen LogP contribution is 2.35. The monoisotopic (exact) mass is 244 g/mol. The van der Waals surface area contributed by atoms with Crippen molar-refractivity contribution in [2.75, 3.05) is 0 Å². The van der Waals surface area contributed by atoms with Gasteiger partial charge < -0.3 is 0 Å². The number of fused-ring (bicyclic) bond motifs is 2. The number of benzene rings is 1. The highest BCUT2D eigenvalue weighted by atomic mass is 32.2. The van der Waals surface area contributed by atoms with Crippen molar-refractivity contribution in [3.63, 3.8) is 0 Å². The summed E-state index contributed by atoms with van der Waals surface area (Å²) in [5.74, 6) is 0. The Bertz CT molecular complexity index is 714. The summed E-state index contributed by atoms with van der Waals surface area (Å²) in [4.78, 5) is 0. The number of nitrogens with zero attached hydrogens (tertiary/aromatic N) is 1. The molecule has 1 aliphatic heterocycles. The molecule has 0 amide bonds. The summed E-state index contributed by atoms with van der Waals surface area (Å²) in [5.41, 5.74) is 3.44. The zero-order valence-corrected chi connectivity index (χ0v) is 9.81. The Hall–Kier alpha value is -1.94. The van der Waals surface area contributed by atoms with Crippen LogP contribution in [0.1, 0.15) is 12.0 Å². The van der Waals surface area contributed by atoms with Crippen LogP contribution in [0, 0.1) is 0 Å². The minimum atomic E-state index is -2.29. The van der Waals surface area contributed by atoms with Gasteiger partial charge in [0.15, 0.2) is 0 Å². The molecule has 0 saturated heterocycles. The summed E-state index contributed by atoms with van der Waals surface area (Å²) in [6.45, 7) is 0. The molecule has 0 aromatic heterocycles. The van der Waals surface area contributed by atoms with Gasteiger partial charge in [0.25, 0.3) is 0 Å². The van der Waals surface area contributed by atoms with Crippen molar-refractivity contribution in [2.45, 2.75) is 6.42 Å². The molecule has 0 saturated carbocycles. The molecule has 4 heteroatoms. The van der Waals surface area contributed by atoms with Gasteiger partial charge in [-0.2, -0.15) is 0 Å². The fourth-order valence-corrected chi connectivity index (χ4v) is 2.83. The normalized spacial score (nSPS) is 16.8. The molecule has 3 rings (SSSR count). The molecule has 0 spiro atoms. The Morgan fingerprint density at radius 3 is 2.82 bits per heavy atom. The largest absolute Gasteiger partial charge is 0.471 e. The van der Waals surface area contributed by atoms with Crippen LogP contribution in [-0.2, 0) is 10.5 Å². The van der Waals surface area contributed by atoms with E-state index in [-0.39, 0.29) is 0 Å². The molecule has 0 atom stereocenters. The Morgan fingerprint density at radius 1 is 1.18 bits per heavy atom. The average Bonchev–Trinajstić information content (AvgIpc) is 2.35. The maximum absolute atomic E-state index is 11.4. The first-order chi connectivity index (χ1) is 8.27. The first-order valence-corrected chi connectivity index (χ1v) is 6.37. The predicted octanol–water partition coefficient (Wildman–Crippen LogP) is 2.63. The molecule has 1 aliphatic carbocycles. The number of rotatable bonds is 0. The Balaban J connectivity index is 2.41. The second-order valence-electron chi connectivity index (χ2n) is 3.92. The summed E-state index contributed by atoms with van der Waals surface area (Å²) in [5, 5.41) is 0. The van der Waals surface area contributed by atoms with Gasteiger partial charge in [-0.1, -0.05) is 24.3 Å². The number of hydrogen-bond acceptors (Lipinski definition) is 2. The lowest BCUT2D eigenvalue weighted by Gasteiger charge is -2.14. The molecule has 2 aliphatic rings. The van der Waals surface area contributed by atoms with Crippen LogP contribution in [-0.4, -0.2) is 12.4 Å². The third-order valence-electron chi connectivity index (χ3n) is 2.91. The SMILES string of the molecule is O=S(=O)=[N+]1C2=CC=CCC2=Cc2ccccc21. The van der Waals surface area contributed by atoms with E-state index in [0.29, 0.717) is 5.69 Å². The van der Waals surface area contributed by atoms with E-state index < -0.39 is 10.5 Å². The van der Waals surface area contributed by atoms with Crippen LogP contribution in [0.15, 0.2) is 53.8 Å². The zero-order chi connectivity index (χ0) is 11.8. The Kier molecular flexibility index (Phi) is 2.30. The third kappa shape index (κ3) is 1.57. The fourth-order valence-electron chi connectivity index (χ4n) is 2.17. The first kappa shape index (κ1) is 10.2. The molecular weight excluding hydrogens is 234 g/mol. The van der Waals surface area contributed by atoms with Crippen molar-refractivity contribution in [3.05, 3.63) is 59.3 Å². The van der Waals surface area contributed by atoms with Crippen molar-refractivity contribution < 1.29 is 12.4 Å². The molecule has 1 aromatic rings. The van der Waals surface area contributed by atoms with E-state index in [4.69, 9.17) is 0 Å². The second kappa shape index (κ2) is 3.82. The predicted molar refractivity (Wildman–Crippen MR) is 65.1 cm³/mol. The van der Waals surface area contributed by atoms with Gasteiger partial charge in [-0.3, -0.25) is 0 Å². The van der Waals surface area contributed by atoms with Crippen LogP contribution in [0.25, 0.3) is 6.08 Å². The maximum atomic E-state index is 11.4. The van der Waals surface area contributed by atoms with Gasteiger partial charge >= 0.3 is 10.5 Å². The molecule has 3 nitrogen and oxygen atoms in total. The molecule has 1 heterocycles. The van der Waals surface area contributed by atoms with Crippen molar-refractivity contribution in [1.82, 2.24) is 0 Å². The minimum absolute atomic E-state index is 0.714. The van der Waals surface area contributed by atoms with E-state index in [1.807, 2.05) is 48.6 Å². The molecule has 0 bridgehead atoms. The summed E-state index contributed by atoms with van der Waals surface area (Å²) in [6, 6.07) is 7.50. The first-order valence-electron chi connectivity index (χ1n) is 5.33. The molecule has 0 N–H and O–H groups in total. The number of hydrogen-bond donors (Lipinski definition) is 0. The summed E-state index contributed by atoms with van der Waals surface area (Å²) >= 11 is 0. The highest BCUT2D eigenvalue weighted by Gasteiger charge is 2.30. The van der Waals surface area contributed by atoms with Crippen molar-refractivity contribution in [3.8, 4) is 0 Å². The zero-order valence-electron chi connectivity index (χ0n) is 9.00. The number of allylic oxidation sites excluding steroid dienone is 4. The van der Waals surface area contributed by atoms with Gasteiger partial charge in [0.1, 0.15) is 0 Å². The summed E-state index contributed by atoms with van der Waals surface area (Å²) in [7, 11) is -2.29. The van der Waals surface area contributed by atoms with E-state index in [1.54, 1.807) is 0 Å². The van der Waals surface area contributed by atoms with Crippen LogP contribution in [0.3, 0.4) is 0 Å². The van der Waals surface area contributed by atoms with Gasteiger partial charge in [0, 0.05) is 23.3 Å². The smallest absolute Gasteiger partial charge is 0.122 e. The van der Waals surface area contributed by atoms with Gasteiger partial charge in [-0.05, 0) is 22.5 Å². The molecule has 0 unspecified atom stereocenters. The lowest BCUT2D eigenvalue weighted by Crippen LogP contribution is -2.13. The highest BCUT2D eigenvalue weighted by molar-refractivity contribution is 7.59. The third-order valence-corrected chi connectivity index (χ3v) is 3.60. The van der Waals surface area contributed by atoms with Crippen LogP contribution >= 0.6 is 0 Å². The molecular formula is C13H10NO2S+. The molecule has 0 radical (unpaired) electrons. The maximum Gasteiger partial charge on any atom is 0.471 e. The van der Waals surface area contributed by atoms with Crippen LogP contribution < -0.4 is 0 Å². The van der Waals surface area contributed by atoms with E-state index in [2.05, 4.69) is 0 Å². The molecule has 1 aromatic carbocycles. The van der Waals surface area contributed by atoms with Crippen molar-refractivity contribution in [2.24, 2.45) is 0 Å². The quantitative estimate of drug-likeness (QED) is 0.658. The molecule has 84 valence electrons. The van der Waals surface area contributed by atoms with Gasteiger partial charge in [-0.15, -0.1) is 8.42 Å². The number of para-hydroxylation sites is 1. The van der Waals surface area contributed by atoms with Gasteiger partial charge in [0.2, 0.25) is 11.4 Å². The lowest BCUT2D eigenvalue weighted by molar-refractivity contribution is -0.353. The second-order valence-corrected chi connectivity index (χ2v) is 4.72. The molecule has 0 fully saturated rings. The van der Waals surface area contributed by atoms with Crippen LogP contribution in [0.2, 0.25) is 0 Å². The average molecular weight is 244 g/mol. The van der Waals surface area contributed by atoms with E-state index in [1.165, 1.54) is 3.95 Å². The summed E-state index contributed by atoms with van der Waals surface area (Å²) < 4.78 is 24.2. The van der Waals surface area contributed by atoms with E-state index in [0.717, 1.165) is 23.3 Å². The fraction of sp³-hybridized carbons (Fsp3) is 0.0769. The lowest BCUT2D eigenvalue weighted by atomic mass is 9.96. The van der Waals surface area contributed by atoms with E-state index >= 15 is 0 Å².